The lowest BCUT2D eigenvalue weighted by atomic mass is 9.97. The molecule has 5 aromatic rings. The molecule has 0 amide bonds. The van der Waals surface area contributed by atoms with Crippen molar-refractivity contribution < 1.29 is 4.74 Å². The molecule has 1 aliphatic heterocycles. The van der Waals surface area contributed by atoms with Crippen molar-refractivity contribution >= 4 is 34.8 Å². The highest BCUT2D eigenvalue weighted by atomic mass is 31.2. The highest BCUT2D eigenvalue weighted by molar-refractivity contribution is 7.95. The number of rotatable bonds is 5. The minimum absolute atomic E-state index is 0.670. The van der Waals surface area contributed by atoms with Crippen LogP contribution in [0.4, 0.5) is 0 Å². The molecule has 1 heterocycles. The van der Waals surface area contributed by atoms with Crippen LogP contribution >= 0.6 is 7.26 Å². The summed E-state index contributed by atoms with van der Waals surface area (Å²) < 4.78 is 6.26. The summed E-state index contributed by atoms with van der Waals surface area (Å²) in [5.41, 5.74) is 7.51. The van der Waals surface area contributed by atoms with Gasteiger partial charge >= 0.3 is 0 Å². The zero-order valence-corrected chi connectivity index (χ0v) is 22.9. The van der Waals surface area contributed by atoms with Crippen molar-refractivity contribution in [2.75, 3.05) is 13.3 Å². The van der Waals surface area contributed by atoms with Crippen LogP contribution in [0, 0.1) is 6.92 Å². The monoisotopic (exact) mass is 511 g/mol. The van der Waals surface area contributed by atoms with Gasteiger partial charge in [0.2, 0.25) is 0 Å². The summed E-state index contributed by atoms with van der Waals surface area (Å²) in [5.74, 6) is 0.956. The van der Waals surface area contributed by atoms with Crippen LogP contribution in [-0.2, 0) is 0 Å². The van der Waals surface area contributed by atoms with Gasteiger partial charge in [-0.15, -0.1) is 0 Å². The van der Waals surface area contributed by atoms with Gasteiger partial charge in [0.15, 0.2) is 0 Å². The fourth-order valence-corrected chi connectivity index (χ4v) is 8.95. The first-order valence-corrected chi connectivity index (χ1v) is 15.5. The van der Waals surface area contributed by atoms with E-state index in [-0.39, 0.29) is 0 Å². The fraction of sp³-hybridized carbons (Fsp3) is 0.111. The second-order valence-electron chi connectivity index (χ2n) is 10.1. The zero-order chi connectivity index (χ0) is 26.0. The number of benzene rings is 5. The average Bonchev–Trinajstić information content (AvgIpc) is 3.20. The van der Waals surface area contributed by atoms with Crippen molar-refractivity contribution in [3.8, 4) is 16.9 Å². The SMILES string of the molecule is Cc1ccc(-c2ccc3c(c2)C=C(c2ccccc2[P+](C)(c2ccccc2)c2ccccc2)CCO3)cc1. The summed E-state index contributed by atoms with van der Waals surface area (Å²) in [4.78, 5) is 0. The van der Waals surface area contributed by atoms with Crippen LogP contribution in [0.2, 0.25) is 0 Å². The summed E-state index contributed by atoms with van der Waals surface area (Å²) in [6.07, 6.45) is 3.23. The molecule has 0 saturated carbocycles. The molecule has 0 aromatic heterocycles. The van der Waals surface area contributed by atoms with Crippen LogP contribution in [0.3, 0.4) is 0 Å². The van der Waals surface area contributed by atoms with Gasteiger partial charge in [-0.3, -0.25) is 0 Å². The quantitative estimate of drug-likeness (QED) is 0.218. The Morgan fingerprint density at radius 1 is 0.632 bits per heavy atom. The molecule has 186 valence electrons. The van der Waals surface area contributed by atoms with Crippen LogP contribution < -0.4 is 20.7 Å². The van der Waals surface area contributed by atoms with E-state index in [1.165, 1.54) is 43.7 Å². The minimum atomic E-state index is -1.87. The molecular formula is C36H32OP+. The first-order chi connectivity index (χ1) is 18.6. The second kappa shape index (κ2) is 10.4. The van der Waals surface area contributed by atoms with Gasteiger partial charge in [0.05, 0.1) is 13.3 Å². The first-order valence-electron chi connectivity index (χ1n) is 13.2. The van der Waals surface area contributed by atoms with Gasteiger partial charge in [0, 0.05) is 17.5 Å². The van der Waals surface area contributed by atoms with Crippen LogP contribution in [0.25, 0.3) is 22.8 Å². The van der Waals surface area contributed by atoms with Crippen molar-refractivity contribution in [2.24, 2.45) is 0 Å². The third-order valence-corrected chi connectivity index (χ3v) is 11.6. The van der Waals surface area contributed by atoms with Crippen LogP contribution in [0.15, 0.2) is 127 Å². The molecule has 0 aliphatic carbocycles. The van der Waals surface area contributed by atoms with Crippen molar-refractivity contribution in [2.45, 2.75) is 13.3 Å². The van der Waals surface area contributed by atoms with E-state index < -0.39 is 7.26 Å². The highest BCUT2D eigenvalue weighted by Gasteiger charge is 2.42. The molecule has 0 fully saturated rings. The predicted molar refractivity (Wildman–Crippen MR) is 166 cm³/mol. The number of hydrogen-bond donors (Lipinski definition) is 0. The first kappa shape index (κ1) is 24.4. The summed E-state index contributed by atoms with van der Waals surface area (Å²) in [5, 5.41) is 4.21. The third kappa shape index (κ3) is 4.60. The van der Waals surface area contributed by atoms with E-state index in [9.17, 15) is 0 Å². The van der Waals surface area contributed by atoms with Crippen LogP contribution in [0.1, 0.15) is 23.1 Å². The molecular weight excluding hydrogens is 479 g/mol. The maximum atomic E-state index is 6.26. The average molecular weight is 512 g/mol. The Labute approximate surface area is 226 Å². The molecule has 1 nitrogen and oxygen atoms in total. The Bertz CT molecular complexity index is 1540. The third-order valence-electron chi connectivity index (χ3n) is 7.63. The Kier molecular flexibility index (Phi) is 6.71. The van der Waals surface area contributed by atoms with E-state index in [0.29, 0.717) is 6.61 Å². The minimum Gasteiger partial charge on any atom is -0.493 e. The molecule has 0 unspecified atom stereocenters. The van der Waals surface area contributed by atoms with E-state index in [1.54, 1.807) is 0 Å². The largest absolute Gasteiger partial charge is 0.493 e. The zero-order valence-electron chi connectivity index (χ0n) is 22.0. The summed E-state index contributed by atoms with van der Waals surface area (Å²) in [7, 11) is -1.87. The van der Waals surface area contributed by atoms with Gasteiger partial charge in [0.1, 0.15) is 28.9 Å². The van der Waals surface area contributed by atoms with Crippen molar-refractivity contribution in [3.05, 3.63) is 144 Å². The Morgan fingerprint density at radius 2 is 1.24 bits per heavy atom. The Hall–Kier alpha value is -3.93. The smallest absolute Gasteiger partial charge is 0.126 e. The summed E-state index contributed by atoms with van der Waals surface area (Å²) in [6.45, 7) is 5.26. The normalized spacial score (nSPS) is 13.2. The maximum Gasteiger partial charge on any atom is 0.126 e. The number of hydrogen-bond acceptors (Lipinski definition) is 1. The summed E-state index contributed by atoms with van der Waals surface area (Å²) >= 11 is 0. The van der Waals surface area contributed by atoms with Crippen molar-refractivity contribution in [1.29, 1.82) is 0 Å². The predicted octanol–water partition coefficient (Wildman–Crippen LogP) is 7.91. The molecule has 0 saturated heterocycles. The molecule has 5 aromatic carbocycles. The number of ether oxygens (including phenoxy) is 1. The van der Waals surface area contributed by atoms with Gasteiger partial charge < -0.3 is 4.74 Å². The topological polar surface area (TPSA) is 9.23 Å². The van der Waals surface area contributed by atoms with E-state index in [0.717, 1.165) is 17.7 Å². The van der Waals surface area contributed by atoms with Crippen LogP contribution in [0.5, 0.6) is 5.75 Å². The summed E-state index contributed by atoms with van der Waals surface area (Å²) in [6, 6.07) is 46.4. The van der Waals surface area contributed by atoms with Gasteiger partial charge in [0.25, 0.3) is 0 Å². The van der Waals surface area contributed by atoms with Crippen molar-refractivity contribution in [3.63, 3.8) is 0 Å². The lowest BCUT2D eigenvalue weighted by Crippen LogP contribution is -2.32. The molecule has 0 bridgehead atoms. The molecule has 0 N–H and O–H groups in total. The van der Waals surface area contributed by atoms with Gasteiger partial charge in [-0.1, -0.05) is 90.5 Å². The molecule has 1 aliphatic rings. The molecule has 0 spiro atoms. The Morgan fingerprint density at radius 3 is 1.92 bits per heavy atom. The number of fused-ring (bicyclic) bond motifs is 1. The number of aryl methyl sites for hydroxylation is 1. The molecule has 0 atom stereocenters. The van der Waals surface area contributed by atoms with E-state index in [4.69, 9.17) is 4.74 Å². The molecule has 6 rings (SSSR count). The van der Waals surface area contributed by atoms with Gasteiger partial charge in [-0.05, 0) is 72.2 Å². The maximum absolute atomic E-state index is 6.26. The lowest BCUT2D eigenvalue weighted by Gasteiger charge is -2.26. The molecule has 0 radical (unpaired) electrons. The standard InChI is InChI=1S/C36H32OP/c1-27-17-19-28(20-18-27)29-21-22-35-31(25-29)26-30(23-24-37-35)34-15-9-10-16-36(34)38(2,32-11-5-3-6-12-32)33-13-7-4-8-14-33/h3-22,25-26H,23-24H2,1-2H3/q+1. The molecule has 2 heteroatoms. The van der Waals surface area contributed by atoms with Gasteiger partial charge in [-0.2, -0.15) is 0 Å². The van der Waals surface area contributed by atoms with E-state index >= 15 is 0 Å². The van der Waals surface area contributed by atoms with E-state index in [2.05, 4.69) is 147 Å². The lowest BCUT2D eigenvalue weighted by molar-refractivity contribution is 0.328. The Balaban J connectivity index is 1.51. The fourth-order valence-electron chi connectivity index (χ4n) is 5.48. The van der Waals surface area contributed by atoms with Crippen molar-refractivity contribution in [1.82, 2.24) is 0 Å². The van der Waals surface area contributed by atoms with E-state index in [1.807, 2.05) is 0 Å². The molecule has 38 heavy (non-hydrogen) atoms. The van der Waals surface area contributed by atoms with Gasteiger partial charge in [-0.25, -0.2) is 0 Å². The van der Waals surface area contributed by atoms with Crippen LogP contribution in [-0.4, -0.2) is 13.3 Å². The highest BCUT2D eigenvalue weighted by Crippen LogP contribution is 2.53. The second-order valence-corrected chi connectivity index (χ2v) is 13.6.